The molecule has 70 valence electrons. The third-order valence-electron chi connectivity index (χ3n) is 1.83. The molecule has 0 aromatic carbocycles. The summed E-state index contributed by atoms with van der Waals surface area (Å²) in [6.45, 7) is 0. The van der Waals surface area contributed by atoms with Crippen LogP contribution >= 0.6 is 11.3 Å². The van der Waals surface area contributed by atoms with Gasteiger partial charge in [-0.25, -0.2) is 0 Å². The Morgan fingerprint density at radius 3 is 2.93 bits per heavy atom. The Morgan fingerprint density at radius 1 is 1.43 bits per heavy atom. The second kappa shape index (κ2) is 3.55. The number of hydrogen-bond acceptors (Lipinski definition) is 4. The number of thiophene rings is 1. The van der Waals surface area contributed by atoms with Gasteiger partial charge in [0.05, 0.1) is 10.5 Å². The van der Waals surface area contributed by atoms with Gasteiger partial charge in [-0.1, -0.05) is 0 Å². The number of nitrogens with zero attached hydrogens (tertiary/aromatic N) is 2. The van der Waals surface area contributed by atoms with Crippen molar-refractivity contribution in [3.8, 4) is 11.1 Å². The average Bonchev–Trinajstić information content (AvgIpc) is 2.70. The largest absolute Gasteiger partial charge is 0.295 e. The minimum Gasteiger partial charge on any atom is -0.258 e. The van der Waals surface area contributed by atoms with Crippen molar-refractivity contribution in [2.45, 2.75) is 0 Å². The molecule has 0 radical (unpaired) electrons. The van der Waals surface area contributed by atoms with Crippen LogP contribution in [0.1, 0.15) is 0 Å². The third kappa shape index (κ3) is 1.49. The lowest BCUT2D eigenvalue weighted by Crippen LogP contribution is -1.91. The first-order valence-corrected chi connectivity index (χ1v) is 4.84. The van der Waals surface area contributed by atoms with E-state index in [1.54, 1.807) is 12.3 Å². The van der Waals surface area contributed by atoms with Crippen molar-refractivity contribution < 1.29 is 4.92 Å². The highest BCUT2D eigenvalue weighted by molar-refractivity contribution is 7.08. The van der Waals surface area contributed by atoms with Crippen LogP contribution in [-0.2, 0) is 0 Å². The second-order valence-electron chi connectivity index (χ2n) is 2.66. The fourth-order valence-corrected chi connectivity index (χ4v) is 1.85. The molecule has 14 heavy (non-hydrogen) atoms. The highest BCUT2D eigenvalue weighted by atomic mass is 32.1. The van der Waals surface area contributed by atoms with Gasteiger partial charge in [0, 0.05) is 6.20 Å². The molecule has 0 aliphatic carbocycles. The van der Waals surface area contributed by atoms with Crippen molar-refractivity contribution in [2.24, 2.45) is 0 Å². The standard InChI is InChI=1S/C9H6N2O2S/c12-11(13)9-5-10-3-1-8(9)7-2-4-14-6-7/h1-6H. The summed E-state index contributed by atoms with van der Waals surface area (Å²) in [5.41, 5.74) is 1.53. The van der Waals surface area contributed by atoms with Gasteiger partial charge in [0.15, 0.2) is 0 Å². The summed E-state index contributed by atoms with van der Waals surface area (Å²) in [5.74, 6) is 0. The molecule has 4 nitrogen and oxygen atoms in total. The normalized spacial score (nSPS) is 10.0. The Bertz CT molecular complexity index is 454. The lowest BCUT2D eigenvalue weighted by Gasteiger charge is -1.98. The Balaban J connectivity index is 2.58. The number of hydrogen-bond donors (Lipinski definition) is 0. The van der Waals surface area contributed by atoms with Gasteiger partial charge in [-0.05, 0) is 28.5 Å². The van der Waals surface area contributed by atoms with Crippen LogP contribution in [0, 0.1) is 10.1 Å². The van der Waals surface area contributed by atoms with Crippen LogP contribution in [0.3, 0.4) is 0 Å². The highest BCUT2D eigenvalue weighted by Gasteiger charge is 2.14. The molecule has 0 N–H and O–H groups in total. The Morgan fingerprint density at radius 2 is 2.29 bits per heavy atom. The van der Waals surface area contributed by atoms with Crippen molar-refractivity contribution >= 4 is 17.0 Å². The number of pyridine rings is 1. The predicted molar refractivity (Wildman–Crippen MR) is 54.2 cm³/mol. The molecule has 0 unspecified atom stereocenters. The molecule has 0 saturated carbocycles. The predicted octanol–water partition coefficient (Wildman–Crippen LogP) is 2.72. The first kappa shape index (κ1) is 8.83. The van der Waals surface area contributed by atoms with Crippen LogP contribution in [-0.4, -0.2) is 9.91 Å². The van der Waals surface area contributed by atoms with E-state index in [9.17, 15) is 10.1 Å². The van der Waals surface area contributed by atoms with Crippen LogP contribution in [0.5, 0.6) is 0 Å². The zero-order chi connectivity index (χ0) is 9.97. The minimum absolute atomic E-state index is 0.0471. The summed E-state index contributed by atoms with van der Waals surface area (Å²) in [6, 6.07) is 3.51. The van der Waals surface area contributed by atoms with Gasteiger partial charge in [0.25, 0.3) is 5.69 Å². The summed E-state index contributed by atoms with van der Waals surface area (Å²) in [7, 11) is 0. The molecule has 0 amide bonds. The van der Waals surface area contributed by atoms with E-state index < -0.39 is 4.92 Å². The van der Waals surface area contributed by atoms with Crippen molar-refractivity contribution in [3.05, 3.63) is 45.4 Å². The maximum Gasteiger partial charge on any atom is 0.295 e. The van der Waals surface area contributed by atoms with E-state index in [2.05, 4.69) is 4.98 Å². The van der Waals surface area contributed by atoms with Gasteiger partial charge >= 0.3 is 0 Å². The molecule has 0 bridgehead atoms. The van der Waals surface area contributed by atoms with Crippen molar-refractivity contribution in [2.75, 3.05) is 0 Å². The molecular weight excluding hydrogens is 200 g/mol. The zero-order valence-corrected chi connectivity index (χ0v) is 7.90. The number of aromatic nitrogens is 1. The monoisotopic (exact) mass is 206 g/mol. The molecule has 2 aromatic heterocycles. The van der Waals surface area contributed by atoms with Crippen LogP contribution in [0.25, 0.3) is 11.1 Å². The lowest BCUT2D eigenvalue weighted by molar-refractivity contribution is -0.384. The van der Waals surface area contributed by atoms with Gasteiger partial charge in [-0.3, -0.25) is 15.1 Å². The summed E-state index contributed by atoms with van der Waals surface area (Å²) < 4.78 is 0. The topological polar surface area (TPSA) is 56.0 Å². The molecule has 0 aliphatic heterocycles. The summed E-state index contributed by atoms with van der Waals surface area (Å²) in [5, 5.41) is 14.5. The van der Waals surface area contributed by atoms with Crippen LogP contribution < -0.4 is 0 Å². The first-order chi connectivity index (χ1) is 6.79. The van der Waals surface area contributed by atoms with Crippen molar-refractivity contribution in [3.63, 3.8) is 0 Å². The molecule has 0 saturated heterocycles. The molecule has 0 fully saturated rings. The summed E-state index contributed by atoms with van der Waals surface area (Å²) in [6.07, 6.45) is 2.83. The van der Waals surface area contributed by atoms with Crippen molar-refractivity contribution in [1.29, 1.82) is 0 Å². The smallest absolute Gasteiger partial charge is 0.258 e. The second-order valence-corrected chi connectivity index (χ2v) is 3.44. The van der Waals surface area contributed by atoms with Gasteiger partial charge in [-0.2, -0.15) is 11.3 Å². The van der Waals surface area contributed by atoms with E-state index in [-0.39, 0.29) is 5.69 Å². The van der Waals surface area contributed by atoms with Crippen molar-refractivity contribution in [1.82, 2.24) is 4.98 Å². The average molecular weight is 206 g/mol. The maximum atomic E-state index is 10.7. The lowest BCUT2D eigenvalue weighted by atomic mass is 10.1. The summed E-state index contributed by atoms with van der Waals surface area (Å²) >= 11 is 1.51. The number of nitro groups is 1. The minimum atomic E-state index is -0.417. The fourth-order valence-electron chi connectivity index (χ4n) is 1.19. The van der Waals surface area contributed by atoms with Gasteiger partial charge in [-0.15, -0.1) is 0 Å². The summed E-state index contributed by atoms with van der Waals surface area (Å²) in [4.78, 5) is 14.0. The maximum absolute atomic E-state index is 10.7. The first-order valence-electron chi connectivity index (χ1n) is 3.90. The van der Waals surface area contributed by atoms with Crippen LogP contribution in [0.4, 0.5) is 5.69 Å². The fraction of sp³-hybridized carbons (Fsp3) is 0. The van der Waals surface area contributed by atoms with Gasteiger partial charge in [0.1, 0.15) is 6.20 Å². The Labute approximate surface area is 84.0 Å². The molecule has 2 aromatic rings. The molecule has 0 spiro atoms. The molecule has 2 heterocycles. The van der Waals surface area contributed by atoms with Crippen LogP contribution in [0.15, 0.2) is 35.3 Å². The quantitative estimate of drug-likeness (QED) is 0.560. The Hall–Kier alpha value is -1.75. The molecule has 0 atom stereocenters. The SMILES string of the molecule is O=[N+]([O-])c1cnccc1-c1ccsc1. The zero-order valence-electron chi connectivity index (χ0n) is 7.08. The van der Waals surface area contributed by atoms with Gasteiger partial charge < -0.3 is 0 Å². The van der Waals surface area contributed by atoms with E-state index in [1.165, 1.54) is 17.5 Å². The van der Waals surface area contributed by atoms with E-state index in [1.807, 2.05) is 16.8 Å². The highest BCUT2D eigenvalue weighted by Crippen LogP contribution is 2.29. The number of rotatable bonds is 2. The molecular formula is C9H6N2O2S. The van der Waals surface area contributed by atoms with E-state index >= 15 is 0 Å². The molecule has 2 rings (SSSR count). The van der Waals surface area contributed by atoms with Gasteiger partial charge in [0.2, 0.25) is 0 Å². The van der Waals surface area contributed by atoms with E-state index in [0.29, 0.717) is 5.56 Å². The van der Waals surface area contributed by atoms with E-state index in [4.69, 9.17) is 0 Å². The third-order valence-corrected chi connectivity index (χ3v) is 2.51. The van der Waals surface area contributed by atoms with E-state index in [0.717, 1.165) is 5.56 Å². The molecule has 5 heteroatoms. The molecule has 0 aliphatic rings. The van der Waals surface area contributed by atoms with Crippen LogP contribution in [0.2, 0.25) is 0 Å². The Kier molecular flexibility index (Phi) is 2.24.